The molecule has 0 aromatic carbocycles. The van der Waals surface area contributed by atoms with Crippen molar-refractivity contribution in [3.8, 4) is 0 Å². The van der Waals surface area contributed by atoms with Gasteiger partial charge in [0.2, 0.25) is 4.96 Å². The minimum absolute atomic E-state index is 0.382. The normalized spacial score (nSPS) is 20.4. The van der Waals surface area contributed by atoms with Crippen molar-refractivity contribution in [1.29, 1.82) is 0 Å². The first kappa shape index (κ1) is 13.9. The average Bonchev–Trinajstić information content (AvgIpc) is 2.99. The number of aromatic nitrogens is 4. The lowest BCUT2D eigenvalue weighted by Crippen LogP contribution is -2.32. The van der Waals surface area contributed by atoms with Crippen LogP contribution in [0.15, 0.2) is 0 Å². The van der Waals surface area contributed by atoms with Crippen LogP contribution in [0.4, 0.5) is 0 Å². The van der Waals surface area contributed by atoms with Crippen molar-refractivity contribution in [1.82, 2.24) is 19.8 Å². The van der Waals surface area contributed by atoms with Crippen molar-refractivity contribution in [2.75, 3.05) is 13.2 Å². The van der Waals surface area contributed by atoms with Gasteiger partial charge >= 0.3 is 0 Å². The number of hydrogen-bond donors (Lipinski definition) is 1. The fraction of sp³-hybridized carbons (Fsp3) is 0.769. The Balaban J connectivity index is 1.94. The van der Waals surface area contributed by atoms with Gasteiger partial charge in [-0.15, -0.1) is 10.2 Å². The van der Waals surface area contributed by atoms with E-state index in [4.69, 9.17) is 10.5 Å². The van der Waals surface area contributed by atoms with E-state index < -0.39 is 0 Å². The maximum atomic E-state index is 6.37. The monoisotopic (exact) mass is 295 g/mol. The Morgan fingerprint density at radius 3 is 2.85 bits per heavy atom. The molecule has 1 aliphatic rings. The van der Waals surface area contributed by atoms with E-state index in [1.807, 2.05) is 11.4 Å². The van der Waals surface area contributed by atoms with Gasteiger partial charge in [0.15, 0.2) is 5.82 Å². The van der Waals surface area contributed by atoms with Gasteiger partial charge in [-0.1, -0.05) is 24.7 Å². The van der Waals surface area contributed by atoms with Gasteiger partial charge in [-0.3, -0.25) is 0 Å². The van der Waals surface area contributed by atoms with Crippen molar-refractivity contribution < 1.29 is 4.74 Å². The predicted molar refractivity (Wildman–Crippen MR) is 77.9 cm³/mol. The first-order valence-corrected chi connectivity index (χ1v) is 8.02. The van der Waals surface area contributed by atoms with E-state index in [2.05, 4.69) is 22.2 Å². The zero-order chi connectivity index (χ0) is 14.2. The van der Waals surface area contributed by atoms with Gasteiger partial charge in [-0.2, -0.15) is 9.61 Å². The standard InChI is InChI=1S/C13H21N5OS/c1-3-6-13(2,14)11-17-18-10(15-16-12(18)20-11)9-4-7-19-8-5-9/h9H,3-8,14H2,1-2H3. The average molecular weight is 295 g/mol. The topological polar surface area (TPSA) is 78.3 Å². The van der Waals surface area contributed by atoms with Crippen LogP contribution in [0.3, 0.4) is 0 Å². The summed E-state index contributed by atoms with van der Waals surface area (Å²) in [4.78, 5) is 0.842. The SMILES string of the molecule is CCCC(C)(N)c1nn2c(C3CCOCC3)nnc2s1. The Hall–Kier alpha value is -1.05. The summed E-state index contributed by atoms with van der Waals surface area (Å²) in [5.74, 6) is 1.35. The molecule has 0 spiro atoms. The third-order valence-electron chi connectivity index (χ3n) is 3.86. The Morgan fingerprint density at radius 1 is 1.40 bits per heavy atom. The van der Waals surface area contributed by atoms with Crippen molar-refractivity contribution in [3.05, 3.63) is 10.8 Å². The van der Waals surface area contributed by atoms with E-state index >= 15 is 0 Å². The number of fused-ring (bicyclic) bond motifs is 1. The van der Waals surface area contributed by atoms with Crippen LogP contribution in [0.25, 0.3) is 4.96 Å². The zero-order valence-electron chi connectivity index (χ0n) is 12.0. The van der Waals surface area contributed by atoms with Gasteiger partial charge in [-0.05, 0) is 26.2 Å². The van der Waals surface area contributed by atoms with E-state index in [-0.39, 0.29) is 5.54 Å². The molecule has 3 heterocycles. The van der Waals surface area contributed by atoms with Crippen LogP contribution in [-0.2, 0) is 10.3 Å². The highest BCUT2D eigenvalue weighted by Crippen LogP contribution is 2.31. The highest BCUT2D eigenvalue weighted by Gasteiger charge is 2.28. The molecule has 2 aromatic rings. The van der Waals surface area contributed by atoms with E-state index in [0.717, 1.165) is 54.7 Å². The Kier molecular flexibility index (Phi) is 3.74. The second-order valence-corrected chi connectivity index (χ2v) is 6.67. The molecule has 1 fully saturated rings. The van der Waals surface area contributed by atoms with Gasteiger partial charge in [0.25, 0.3) is 0 Å². The lowest BCUT2D eigenvalue weighted by atomic mass is 9.99. The molecule has 2 N–H and O–H groups in total. The van der Waals surface area contributed by atoms with Gasteiger partial charge in [0.05, 0.1) is 5.54 Å². The van der Waals surface area contributed by atoms with Crippen LogP contribution in [0, 0.1) is 0 Å². The largest absolute Gasteiger partial charge is 0.381 e. The molecule has 6 nitrogen and oxygen atoms in total. The molecule has 0 radical (unpaired) electrons. The number of nitrogens with two attached hydrogens (primary N) is 1. The summed E-state index contributed by atoms with van der Waals surface area (Å²) >= 11 is 1.55. The fourth-order valence-electron chi connectivity index (χ4n) is 2.70. The van der Waals surface area contributed by atoms with Crippen LogP contribution in [0.5, 0.6) is 0 Å². The summed E-state index contributed by atoms with van der Waals surface area (Å²) in [6.07, 6.45) is 3.94. The lowest BCUT2D eigenvalue weighted by molar-refractivity contribution is 0.0831. The van der Waals surface area contributed by atoms with Crippen LogP contribution >= 0.6 is 11.3 Å². The van der Waals surface area contributed by atoms with E-state index in [1.54, 1.807) is 11.3 Å². The maximum Gasteiger partial charge on any atom is 0.234 e. The van der Waals surface area contributed by atoms with Crippen LogP contribution in [0.2, 0.25) is 0 Å². The first-order chi connectivity index (χ1) is 9.62. The Morgan fingerprint density at radius 2 is 2.15 bits per heavy atom. The van der Waals surface area contributed by atoms with Gasteiger partial charge in [-0.25, -0.2) is 0 Å². The molecule has 110 valence electrons. The molecule has 2 aromatic heterocycles. The highest BCUT2D eigenvalue weighted by atomic mass is 32.1. The molecule has 7 heteroatoms. The quantitative estimate of drug-likeness (QED) is 0.934. The molecule has 3 rings (SSSR count). The summed E-state index contributed by atoms with van der Waals surface area (Å²) < 4.78 is 7.29. The molecule has 1 atom stereocenters. The Labute approximate surface area is 122 Å². The molecule has 1 unspecified atom stereocenters. The third kappa shape index (κ3) is 2.45. The smallest absolute Gasteiger partial charge is 0.234 e. The van der Waals surface area contributed by atoms with Crippen LogP contribution in [-0.4, -0.2) is 33.0 Å². The number of rotatable bonds is 4. The molecule has 1 aliphatic heterocycles. The predicted octanol–water partition coefficient (Wildman–Crippen LogP) is 2.05. The maximum absolute atomic E-state index is 6.37. The third-order valence-corrected chi connectivity index (χ3v) is 5.04. The Bertz CT molecular complexity index is 585. The summed E-state index contributed by atoms with van der Waals surface area (Å²) in [5, 5.41) is 14.2. The van der Waals surface area contributed by atoms with Crippen molar-refractivity contribution in [2.45, 2.75) is 51.0 Å². The van der Waals surface area contributed by atoms with E-state index in [9.17, 15) is 0 Å². The number of hydrogen-bond acceptors (Lipinski definition) is 6. The molecular weight excluding hydrogens is 274 g/mol. The van der Waals surface area contributed by atoms with E-state index in [0.29, 0.717) is 5.92 Å². The number of ether oxygens (including phenoxy) is 1. The summed E-state index contributed by atoms with van der Waals surface area (Å²) in [6.45, 7) is 5.76. The highest BCUT2D eigenvalue weighted by molar-refractivity contribution is 7.16. The summed E-state index contributed by atoms with van der Waals surface area (Å²) in [5.41, 5.74) is 5.98. The molecule has 0 saturated carbocycles. The van der Waals surface area contributed by atoms with Crippen molar-refractivity contribution >= 4 is 16.3 Å². The fourth-order valence-corrected chi connectivity index (χ4v) is 3.63. The minimum Gasteiger partial charge on any atom is -0.381 e. The second kappa shape index (κ2) is 5.38. The number of nitrogens with zero attached hydrogens (tertiary/aromatic N) is 4. The first-order valence-electron chi connectivity index (χ1n) is 7.21. The lowest BCUT2D eigenvalue weighted by Gasteiger charge is -2.21. The summed E-state index contributed by atoms with van der Waals surface area (Å²) in [7, 11) is 0. The zero-order valence-corrected chi connectivity index (χ0v) is 12.8. The molecule has 0 bridgehead atoms. The molecule has 1 saturated heterocycles. The van der Waals surface area contributed by atoms with Crippen molar-refractivity contribution in [3.63, 3.8) is 0 Å². The van der Waals surface area contributed by atoms with E-state index in [1.165, 1.54) is 0 Å². The molecule has 0 aliphatic carbocycles. The van der Waals surface area contributed by atoms with Crippen molar-refractivity contribution in [2.24, 2.45) is 5.73 Å². The molecule has 20 heavy (non-hydrogen) atoms. The molecular formula is C13H21N5OS. The summed E-state index contributed by atoms with van der Waals surface area (Å²) in [6, 6.07) is 0. The van der Waals surface area contributed by atoms with Gasteiger partial charge < -0.3 is 10.5 Å². The van der Waals surface area contributed by atoms with Crippen LogP contribution < -0.4 is 5.73 Å². The second-order valence-electron chi connectivity index (χ2n) is 5.71. The van der Waals surface area contributed by atoms with Crippen LogP contribution in [0.1, 0.15) is 56.3 Å². The van der Waals surface area contributed by atoms with Gasteiger partial charge in [0, 0.05) is 19.1 Å². The minimum atomic E-state index is -0.382. The molecule has 0 amide bonds. The van der Waals surface area contributed by atoms with Gasteiger partial charge in [0.1, 0.15) is 5.01 Å².